The van der Waals surface area contributed by atoms with Gasteiger partial charge in [-0.2, -0.15) is 4.72 Å². The van der Waals surface area contributed by atoms with E-state index in [9.17, 15) is 18.0 Å². The van der Waals surface area contributed by atoms with E-state index in [0.29, 0.717) is 5.56 Å². The minimum Gasteiger partial charge on any atom is -0.464 e. The zero-order valence-corrected chi connectivity index (χ0v) is 16.5. The number of fused-ring (bicyclic) bond motifs is 2. The van der Waals surface area contributed by atoms with Crippen LogP contribution in [0.25, 0.3) is 10.8 Å². The van der Waals surface area contributed by atoms with Crippen molar-refractivity contribution in [3.63, 3.8) is 0 Å². The van der Waals surface area contributed by atoms with Crippen LogP contribution in [0.15, 0.2) is 71.6 Å². The van der Waals surface area contributed by atoms with E-state index >= 15 is 0 Å². The average molecular weight is 409 g/mol. The van der Waals surface area contributed by atoms with Crippen LogP contribution in [0.2, 0.25) is 0 Å². The highest BCUT2D eigenvalue weighted by molar-refractivity contribution is 7.90. The standard InChI is InChI=1S/C22H19NO5S/c1-2-28-21(25)22(14-19(24)15-8-4-3-5-9-15)18-12-16-10-6-7-11-17(16)13-20(18)29(26,27)23-22/h3-13,23H,2,14H2,1H3/t22-/m0/s1. The second-order valence-electron chi connectivity index (χ2n) is 6.89. The van der Waals surface area contributed by atoms with Crippen molar-refractivity contribution in [2.45, 2.75) is 23.8 Å². The van der Waals surface area contributed by atoms with Gasteiger partial charge in [0.05, 0.1) is 11.5 Å². The first-order valence-electron chi connectivity index (χ1n) is 9.20. The van der Waals surface area contributed by atoms with Gasteiger partial charge in [-0.1, -0.05) is 54.6 Å². The van der Waals surface area contributed by atoms with E-state index in [4.69, 9.17) is 4.74 Å². The molecule has 1 aliphatic rings. The number of esters is 1. The summed E-state index contributed by atoms with van der Waals surface area (Å²) in [6, 6.07) is 18.9. The van der Waals surface area contributed by atoms with E-state index in [1.165, 1.54) is 6.07 Å². The third-order valence-electron chi connectivity index (χ3n) is 5.05. The number of rotatable bonds is 5. The summed E-state index contributed by atoms with van der Waals surface area (Å²) < 4.78 is 33.5. The molecule has 0 radical (unpaired) electrons. The summed E-state index contributed by atoms with van der Waals surface area (Å²) in [7, 11) is -4.00. The Hall–Kier alpha value is -3.03. The Morgan fingerprint density at radius 1 is 0.966 bits per heavy atom. The summed E-state index contributed by atoms with van der Waals surface area (Å²) in [6.07, 6.45) is -0.375. The molecule has 7 heteroatoms. The molecule has 0 aliphatic carbocycles. The smallest absolute Gasteiger partial charge is 0.332 e. The Labute approximate surface area is 168 Å². The summed E-state index contributed by atoms with van der Waals surface area (Å²) in [6.45, 7) is 1.69. The summed E-state index contributed by atoms with van der Waals surface area (Å²) in [4.78, 5) is 26.0. The molecule has 0 unspecified atom stereocenters. The molecule has 0 aromatic heterocycles. The van der Waals surface area contributed by atoms with E-state index in [2.05, 4.69) is 4.72 Å². The molecule has 3 aromatic carbocycles. The van der Waals surface area contributed by atoms with E-state index in [0.717, 1.165) is 10.8 Å². The predicted molar refractivity (Wildman–Crippen MR) is 108 cm³/mol. The fourth-order valence-electron chi connectivity index (χ4n) is 3.69. The Bertz CT molecular complexity index is 1220. The van der Waals surface area contributed by atoms with Crippen molar-refractivity contribution in [1.82, 2.24) is 4.72 Å². The van der Waals surface area contributed by atoms with Crippen LogP contribution in [0.1, 0.15) is 29.3 Å². The third-order valence-corrected chi connectivity index (χ3v) is 6.59. The molecule has 148 valence electrons. The van der Waals surface area contributed by atoms with Crippen LogP contribution < -0.4 is 4.72 Å². The van der Waals surface area contributed by atoms with Gasteiger partial charge in [-0.25, -0.2) is 13.2 Å². The van der Waals surface area contributed by atoms with Crippen LogP contribution in [-0.2, 0) is 25.1 Å². The first-order valence-corrected chi connectivity index (χ1v) is 10.7. The molecule has 1 aliphatic heterocycles. The Balaban J connectivity index is 1.92. The zero-order chi connectivity index (χ0) is 20.6. The molecule has 0 saturated carbocycles. The van der Waals surface area contributed by atoms with Crippen LogP contribution >= 0.6 is 0 Å². The van der Waals surface area contributed by atoms with Gasteiger partial charge >= 0.3 is 5.97 Å². The molecule has 4 rings (SSSR count). The topological polar surface area (TPSA) is 89.5 Å². The molecule has 0 saturated heterocycles. The van der Waals surface area contributed by atoms with Crippen LogP contribution in [0.4, 0.5) is 0 Å². The minimum absolute atomic E-state index is 0.00915. The second-order valence-corrected chi connectivity index (χ2v) is 8.54. The van der Waals surface area contributed by atoms with E-state index in [1.807, 2.05) is 12.1 Å². The normalized spacial score (nSPS) is 19.6. The summed E-state index contributed by atoms with van der Waals surface area (Å²) in [5.74, 6) is -1.15. The number of carbonyl (C=O) groups is 2. The van der Waals surface area contributed by atoms with Crippen LogP contribution in [0.3, 0.4) is 0 Å². The number of sulfonamides is 1. The van der Waals surface area contributed by atoms with Gasteiger partial charge in [-0.3, -0.25) is 4.79 Å². The zero-order valence-electron chi connectivity index (χ0n) is 15.7. The van der Waals surface area contributed by atoms with Gasteiger partial charge in [0.25, 0.3) is 0 Å². The number of hydrogen-bond acceptors (Lipinski definition) is 5. The SMILES string of the molecule is CCOC(=O)[C@@]1(CC(=O)c2ccccc2)NS(=O)(=O)c2cc3ccccc3cc21. The van der Waals surface area contributed by atoms with Crippen LogP contribution in [0.5, 0.6) is 0 Å². The highest BCUT2D eigenvalue weighted by Gasteiger charge is 2.54. The molecule has 1 N–H and O–H groups in total. The van der Waals surface area contributed by atoms with Crippen molar-refractivity contribution in [2.24, 2.45) is 0 Å². The molecule has 0 bridgehead atoms. The van der Waals surface area contributed by atoms with Crippen molar-refractivity contribution in [3.05, 3.63) is 77.9 Å². The number of nitrogens with one attached hydrogen (secondary N) is 1. The van der Waals surface area contributed by atoms with Crippen molar-refractivity contribution in [2.75, 3.05) is 6.61 Å². The Morgan fingerprint density at radius 3 is 2.24 bits per heavy atom. The van der Waals surface area contributed by atoms with Gasteiger partial charge in [0.2, 0.25) is 10.0 Å². The lowest BCUT2D eigenvalue weighted by Gasteiger charge is -2.26. The van der Waals surface area contributed by atoms with E-state index < -0.39 is 21.5 Å². The third kappa shape index (κ3) is 3.22. The number of ether oxygens (including phenoxy) is 1. The lowest BCUT2D eigenvalue weighted by molar-refractivity contribution is -0.150. The maximum Gasteiger partial charge on any atom is 0.332 e. The second kappa shape index (κ2) is 7.09. The molecular weight excluding hydrogens is 390 g/mol. The first-order chi connectivity index (χ1) is 13.9. The van der Waals surface area contributed by atoms with Gasteiger partial charge in [-0.15, -0.1) is 0 Å². The highest BCUT2D eigenvalue weighted by Crippen LogP contribution is 2.42. The maximum absolute atomic E-state index is 13.0. The summed E-state index contributed by atoms with van der Waals surface area (Å²) in [5, 5.41) is 1.50. The molecule has 29 heavy (non-hydrogen) atoms. The minimum atomic E-state index is -4.00. The number of ketones is 1. The lowest BCUT2D eigenvalue weighted by atomic mass is 9.83. The highest BCUT2D eigenvalue weighted by atomic mass is 32.2. The summed E-state index contributed by atoms with van der Waals surface area (Å²) >= 11 is 0. The lowest BCUT2D eigenvalue weighted by Crippen LogP contribution is -2.49. The largest absolute Gasteiger partial charge is 0.464 e. The number of Topliss-reactive ketones (excluding diaryl/α,β-unsaturated/α-hetero) is 1. The summed E-state index contributed by atoms with van der Waals surface area (Å²) in [5.41, 5.74) is -1.18. The van der Waals surface area contributed by atoms with E-state index in [1.54, 1.807) is 55.5 Å². The van der Waals surface area contributed by atoms with E-state index in [-0.39, 0.29) is 29.3 Å². The number of carbonyl (C=O) groups excluding carboxylic acids is 2. The average Bonchev–Trinajstić information content (AvgIpc) is 2.94. The van der Waals surface area contributed by atoms with Gasteiger partial charge < -0.3 is 4.74 Å². The van der Waals surface area contributed by atoms with Gasteiger partial charge in [-0.05, 0) is 29.8 Å². The maximum atomic E-state index is 13.0. The number of benzene rings is 3. The predicted octanol–water partition coefficient (Wildman–Crippen LogP) is 3.16. The van der Waals surface area contributed by atoms with Crippen molar-refractivity contribution in [1.29, 1.82) is 0 Å². The van der Waals surface area contributed by atoms with Crippen LogP contribution in [-0.4, -0.2) is 26.8 Å². The van der Waals surface area contributed by atoms with Crippen LogP contribution in [0, 0.1) is 0 Å². The van der Waals surface area contributed by atoms with Crippen molar-refractivity contribution >= 4 is 32.5 Å². The molecule has 0 amide bonds. The fraction of sp³-hybridized carbons (Fsp3) is 0.182. The monoisotopic (exact) mass is 409 g/mol. The first kappa shape index (κ1) is 19.3. The molecule has 1 atom stereocenters. The fourth-order valence-corrected chi connectivity index (χ4v) is 5.33. The molecule has 0 fully saturated rings. The van der Waals surface area contributed by atoms with Gasteiger partial charge in [0.15, 0.2) is 11.3 Å². The molecule has 0 spiro atoms. The van der Waals surface area contributed by atoms with Gasteiger partial charge in [0.1, 0.15) is 0 Å². The van der Waals surface area contributed by atoms with Crippen molar-refractivity contribution < 1.29 is 22.7 Å². The number of hydrogen-bond donors (Lipinski definition) is 1. The Morgan fingerprint density at radius 2 is 1.59 bits per heavy atom. The molecular formula is C22H19NO5S. The van der Waals surface area contributed by atoms with Gasteiger partial charge in [0, 0.05) is 17.5 Å². The molecule has 6 nitrogen and oxygen atoms in total. The molecule has 1 heterocycles. The van der Waals surface area contributed by atoms with Crippen molar-refractivity contribution in [3.8, 4) is 0 Å². The Kier molecular flexibility index (Phi) is 4.72. The quantitative estimate of drug-likeness (QED) is 0.516. The molecule has 3 aromatic rings.